The minimum absolute atomic E-state index is 0.538. The van der Waals surface area contributed by atoms with E-state index in [2.05, 4.69) is 42.6 Å². The van der Waals surface area contributed by atoms with Gasteiger partial charge in [-0.15, -0.1) is 0 Å². The summed E-state index contributed by atoms with van der Waals surface area (Å²) < 4.78 is 12.0. The number of benzene rings is 2. The number of hydrogen-bond acceptors (Lipinski definition) is 3. The van der Waals surface area contributed by atoms with Crippen LogP contribution in [0.2, 0.25) is 0 Å². The molecule has 1 atom stereocenters. The molecule has 0 amide bonds. The Kier molecular flexibility index (Phi) is 5.97. The smallest absolute Gasteiger partial charge is 0.161 e. The Balaban J connectivity index is 1.22. The van der Waals surface area contributed by atoms with E-state index in [-0.39, 0.29) is 0 Å². The molecule has 3 heteroatoms. The summed E-state index contributed by atoms with van der Waals surface area (Å²) in [6.45, 7) is 6.56. The molecule has 0 heterocycles. The number of ether oxygens (including phenoxy) is 2. The molecule has 4 fully saturated rings. The van der Waals surface area contributed by atoms with Gasteiger partial charge in [-0.05, 0) is 98.8 Å². The van der Waals surface area contributed by atoms with Crippen LogP contribution in [0.3, 0.4) is 0 Å². The van der Waals surface area contributed by atoms with E-state index in [1.807, 2.05) is 25.1 Å². The van der Waals surface area contributed by atoms with E-state index in [0.717, 1.165) is 35.8 Å². The molecule has 6 rings (SSSR count). The van der Waals surface area contributed by atoms with E-state index in [1.165, 1.54) is 49.7 Å². The van der Waals surface area contributed by atoms with E-state index in [0.29, 0.717) is 24.7 Å². The lowest BCUT2D eigenvalue weighted by molar-refractivity contribution is -0.0706. The monoisotopic (exact) mass is 419 g/mol. The van der Waals surface area contributed by atoms with Crippen LogP contribution in [0.1, 0.15) is 63.5 Å². The van der Waals surface area contributed by atoms with Gasteiger partial charge in [0.2, 0.25) is 0 Å². The Hall–Kier alpha value is -2.00. The third kappa shape index (κ3) is 4.48. The molecule has 31 heavy (non-hydrogen) atoms. The second kappa shape index (κ2) is 8.86. The second-order valence-corrected chi connectivity index (χ2v) is 10.4. The summed E-state index contributed by atoms with van der Waals surface area (Å²) >= 11 is 0. The molecular formula is C28H37NO2. The lowest BCUT2D eigenvalue weighted by Crippen LogP contribution is -2.54. The molecule has 4 aliphatic carbocycles. The summed E-state index contributed by atoms with van der Waals surface area (Å²) in [5, 5.41) is 3.91. The van der Waals surface area contributed by atoms with Gasteiger partial charge < -0.3 is 14.8 Å². The van der Waals surface area contributed by atoms with Gasteiger partial charge in [-0.3, -0.25) is 0 Å². The van der Waals surface area contributed by atoms with Crippen molar-refractivity contribution in [1.29, 1.82) is 0 Å². The molecule has 4 bridgehead atoms. The number of nitrogens with one attached hydrogen (secondary N) is 1. The van der Waals surface area contributed by atoms with Gasteiger partial charge in [-0.25, -0.2) is 0 Å². The Morgan fingerprint density at radius 2 is 1.55 bits per heavy atom. The molecule has 4 aliphatic rings. The minimum Gasteiger partial charge on any atom is -0.490 e. The zero-order valence-corrected chi connectivity index (χ0v) is 19.1. The summed E-state index contributed by atoms with van der Waals surface area (Å²) in [5.74, 6) is 4.67. The van der Waals surface area contributed by atoms with E-state index >= 15 is 0 Å². The lowest BCUT2D eigenvalue weighted by Gasteiger charge is -2.59. The summed E-state index contributed by atoms with van der Waals surface area (Å²) in [6, 6.07) is 17.3. The molecule has 4 saturated carbocycles. The third-order valence-corrected chi connectivity index (χ3v) is 8.16. The van der Waals surface area contributed by atoms with E-state index in [1.54, 1.807) is 0 Å². The van der Waals surface area contributed by atoms with E-state index < -0.39 is 0 Å². The zero-order chi connectivity index (χ0) is 21.3. The lowest BCUT2D eigenvalue weighted by atomic mass is 9.48. The number of rotatable bonds is 9. The first-order valence-corrected chi connectivity index (χ1v) is 12.3. The summed E-state index contributed by atoms with van der Waals surface area (Å²) in [4.78, 5) is 0. The standard InChI is InChI=1S/C28H37NO2/c1-3-30-27-14-22(9-10-26(27)31-19-21-7-5-4-6-8-21)18-29-20(2)28-15-23-11-24(16-28)13-25(12-23)17-28/h4-10,14,20,23-25,29H,3,11-13,15-19H2,1-2H3/t20-,23?,24?,25?,28?/m0/s1. The Labute approximate surface area is 187 Å². The Bertz CT molecular complexity index is 843. The van der Waals surface area contributed by atoms with Gasteiger partial charge in [-0.2, -0.15) is 0 Å². The molecular weight excluding hydrogens is 382 g/mol. The summed E-state index contributed by atoms with van der Waals surface area (Å²) in [7, 11) is 0. The van der Waals surface area contributed by atoms with Crippen molar-refractivity contribution in [3.05, 3.63) is 59.7 Å². The van der Waals surface area contributed by atoms with Crippen LogP contribution in [0.15, 0.2) is 48.5 Å². The fraction of sp³-hybridized carbons (Fsp3) is 0.571. The maximum Gasteiger partial charge on any atom is 0.161 e. The van der Waals surface area contributed by atoms with Crippen molar-refractivity contribution >= 4 is 0 Å². The predicted molar refractivity (Wildman–Crippen MR) is 125 cm³/mol. The highest BCUT2D eigenvalue weighted by atomic mass is 16.5. The molecule has 166 valence electrons. The molecule has 0 saturated heterocycles. The maximum absolute atomic E-state index is 6.08. The topological polar surface area (TPSA) is 30.5 Å². The van der Waals surface area contributed by atoms with Crippen LogP contribution in [-0.4, -0.2) is 12.6 Å². The predicted octanol–water partition coefficient (Wildman–Crippen LogP) is 6.36. The van der Waals surface area contributed by atoms with Crippen LogP contribution in [0.25, 0.3) is 0 Å². The van der Waals surface area contributed by atoms with Crippen molar-refractivity contribution in [2.75, 3.05) is 6.61 Å². The van der Waals surface area contributed by atoms with Crippen molar-refractivity contribution in [3.63, 3.8) is 0 Å². The Morgan fingerprint density at radius 1 is 0.871 bits per heavy atom. The Morgan fingerprint density at radius 3 is 2.19 bits per heavy atom. The van der Waals surface area contributed by atoms with Gasteiger partial charge in [0.15, 0.2) is 11.5 Å². The fourth-order valence-corrected chi connectivity index (χ4v) is 6.98. The van der Waals surface area contributed by atoms with Crippen molar-refractivity contribution in [3.8, 4) is 11.5 Å². The van der Waals surface area contributed by atoms with Gasteiger partial charge in [0.05, 0.1) is 6.61 Å². The van der Waals surface area contributed by atoms with Crippen molar-refractivity contribution in [1.82, 2.24) is 5.32 Å². The highest BCUT2D eigenvalue weighted by Gasteiger charge is 2.52. The maximum atomic E-state index is 6.08. The van der Waals surface area contributed by atoms with Crippen LogP contribution >= 0.6 is 0 Å². The molecule has 3 nitrogen and oxygen atoms in total. The van der Waals surface area contributed by atoms with E-state index in [4.69, 9.17) is 9.47 Å². The van der Waals surface area contributed by atoms with Crippen LogP contribution in [-0.2, 0) is 13.2 Å². The third-order valence-electron chi connectivity index (χ3n) is 8.16. The molecule has 0 aliphatic heterocycles. The molecule has 0 aromatic heterocycles. The zero-order valence-electron chi connectivity index (χ0n) is 19.1. The number of hydrogen-bond donors (Lipinski definition) is 1. The van der Waals surface area contributed by atoms with Gasteiger partial charge >= 0.3 is 0 Å². The summed E-state index contributed by atoms with van der Waals surface area (Å²) in [6.07, 6.45) is 8.87. The minimum atomic E-state index is 0.538. The first-order valence-electron chi connectivity index (χ1n) is 12.3. The second-order valence-electron chi connectivity index (χ2n) is 10.4. The molecule has 0 radical (unpaired) electrons. The molecule has 0 spiro atoms. The fourth-order valence-electron chi connectivity index (χ4n) is 6.98. The van der Waals surface area contributed by atoms with Crippen LogP contribution in [0.5, 0.6) is 11.5 Å². The van der Waals surface area contributed by atoms with Gasteiger partial charge in [0.1, 0.15) is 6.61 Å². The van der Waals surface area contributed by atoms with Crippen LogP contribution in [0, 0.1) is 23.2 Å². The molecule has 1 N–H and O–H groups in total. The van der Waals surface area contributed by atoms with Crippen molar-refractivity contribution in [2.45, 2.75) is 71.6 Å². The first-order chi connectivity index (χ1) is 15.1. The highest BCUT2D eigenvalue weighted by molar-refractivity contribution is 5.43. The summed E-state index contributed by atoms with van der Waals surface area (Å²) in [5.41, 5.74) is 2.98. The normalized spacial score (nSPS) is 29.7. The van der Waals surface area contributed by atoms with Crippen molar-refractivity contribution < 1.29 is 9.47 Å². The van der Waals surface area contributed by atoms with E-state index in [9.17, 15) is 0 Å². The first kappa shape index (κ1) is 20.9. The average Bonchev–Trinajstić information content (AvgIpc) is 2.77. The largest absolute Gasteiger partial charge is 0.490 e. The van der Waals surface area contributed by atoms with Gasteiger partial charge in [-0.1, -0.05) is 36.4 Å². The van der Waals surface area contributed by atoms with Crippen LogP contribution < -0.4 is 14.8 Å². The quantitative estimate of drug-likeness (QED) is 0.513. The average molecular weight is 420 g/mol. The van der Waals surface area contributed by atoms with Crippen molar-refractivity contribution in [2.24, 2.45) is 23.2 Å². The van der Waals surface area contributed by atoms with Gasteiger partial charge in [0, 0.05) is 12.6 Å². The molecule has 0 unspecified atom stereocenters. The highest BCUT2D eigenvalue weighted by Crippen LogP contribution is 2.61. The molecule has 2 aromatic rings. The molecule has 2 aromatic carbocycles. The van der Waals surface area contributed by atoms with Gasteiger partial charge in [0.25, 0.3) is 0 Å². The SMILES string of the molecule is CCOc1cc(CN[C@@H](C)C23CC4CC(CC(C4)C2)C3)ccc1OCc1ccccc1. The van der Waals surface area contributed by atoms with Crippen LogP contribution in [0.4, 0.5) is 0 Å².